The molecular weight excluding hydrogens is 366 g/mol. The van der Waals surface area contributed by atoms with Crippen LogP contribution in [-0.4, -0.2) is 42.3 Å². The summed E-state index contributed by atoms with van der Waals surface area (Å²) in [5.41, 5.74) is 2.74. The topological polar surface area (TPSA) is 78.5 Å². The smallest absolute Gasteiger partial charge is 0.251 e. The second-order valence-corrected chi connectivity index (χ2v) is 7.45. The molecule has 0 saturated carbocycles. The van der Waals surface area contributed by atoms with Gasteiger partial charge in [0.2, 0.25) is 11.8 Å². The van der Waals surface area contributed by atoms with E-state index in [0.717, 1.165) is 11.1 Å². The SMILES string of the molecule is Cc1ccc(C(=O)NCCNC(=O)C2CC(=O)N(C(C)c3ccccc3)C2)cc1. The van der Waals surface area contributed by atoms with Gasteiger partial charge in [0.15, 0.2) is 0 Å². The van der Waals surface area contributed by atoms with E-state index in [1.54, 1.807) is 17.0 Å². The van der Waals surface area contributed by atoms with Crippen molar-refractivity contribution < 1.29 is 14.4 Å². The summed E-state index contributed by atoms with van der Waals surface area (Å²) >= 11 is 0. The van der Waals surface area contributed by atoms with Crippen molar-refractivity contribution in [1.29, 1.82) is 0 Å². The number of benzene rings is 2. The van der Waals surface area contributed by atoms with E-state index in [9.17, 15) is 14.4 Å². The molecule has 2 aromatic rings. The zero-order chi connectivity index (χ0) is 20.8. The first-order chi connectivity index (χ1) is 14.0. The molecule has 2 N–H and O–H groups in total. The molecule has 1 heterocycles. The quantitative estimate of drug-likeness (QED) is 0.710. The molecule has 152 valence electrons. The van der Waals surface area contributed by atoms with Crippen LogP contribution in [0.1, 0.15) is 40.9 Å². The van der Waals surface area contributed by atoms with Crippen LogP contribution in [0.3, 0.4) is 0 Å². The number of amides is 3. The number of carbonyl (C=O) groups is 3. The molecule has 6 nitrogen and oxygen atoms in total. The molecule has 2 aromatic carbocycles. The zero-order valence-corrected chi connectivity index (χ0v) is 16.9. The first kappa shape index (κ1) is 20.6. The molecular formula is C23H27N3O3. The summed E-state index contributed by atoms with van der Waals surface area (Å²) in [6.45, 7) is 5.02. The summed E-state index contributed by atoms with van der Waals surface area (Å²) in [4.78, 5) is 38.7. The largest absolute Gasteiger partial charge is 0.354 e. The van der Waals surface area contributed by atoms with Gasteiger partial charge in [-0.1, -0.05) is 48.0 Å². The van der Waals surface area contributed by atoms with E-state index in [2.05, 4.69) is 10.6 Å². The van der Waals surface area contributed by atoms with Gasteiger partial charge >= 0.3 is 0 Å². The average Bonchev–Trinajstić information content (AvgIpc) is 3.13. The first-order valence-corrected chi connectivity index (χ1v) is 9.92. The van der Waals surface area contributed by atoms with Crippen molar-refractivity contribution in [3.05, 3.63) is 71.3 Å². The maximum Gasteiger partial charge on any atom is 0.251 e. The third-order valence-corrected chi connectivity index (χ3v) is 5.30. The number of rotatable bonds is 7. The minimum Gasteiger partial charge on any atom is -0.354 e. The third-order valence-electron chi connectivity index (χ3n) is 5.30. The van der Waals surface area contributed by atoms with Crippen molar-refractivity contribution in [3.8, 4) is 0 Å². The Bertz CT molecular complexity index is 865. The summed E-state index contributed by atoms with van der Waals surface area (Å²) in [5, 5.41) is 5.62. The van der Waals surface area contributed by atoms with Crippen LogP contribution >= 0.6 is 0 Å². The summed E-state index contributed by atoms with van der Waals surface area (Å²) in [5.74, 6) is -0.681. The lowest BCUT2D eigenvalue weighted by Gasteiger charge is -2.25. The molecule has 1 aliphatic heterocycles. The molecule has 0 bridgehead atoms. The lowest BCUT2D eigenvalue weighted by molar-refractivity contribution is -0.130. The highest BCUT2D eigenvalue weighted by Gasteiger charge is 2.36. The fourth-order valence-electron chi connectivity index (χ4n) is 3.51. The summed E-state index contributed by atoms with van der Waals surface area (Å²) in [6.07, 6.45) is 0.221. The van der Waals surface area contributed by atoms with Gasteiger partial charge in [0.05, 0.1) is 12.0 Å². The molecule has 3 rings (SSSR count). The van der Waals surface area contributed by atoms with E-state index in [-0.39, 0.29) is 36.1 Å². The highest BCUT2D eigenvalue weighted by atomic mass is 16.2. The average molecular weight is 393 g/mol. The van der Waals surface area contributed by atoms with E-state index in [4.69, 9.17) is 0 Å². The van der Waals surface area contributed by atoms with Crippen LogP contribution in [-0.2, 0) is 9.59 Å². The van der Waals surface area contributed by atoms with Crippen molar-refractivity contribution in [3.63, 3.8) is 0 Å². The highest BCUT2D eigenvalue weighted by molar-refractivity contribution is 5.94. The Morgan fingerprint density at radius 2 is 1.69 bits per heavy atom. The third kappa shape index (κ3) is 5.22. The van der Waals surface area contributed by atoms with Gasteiger partial charge in [0.25, 0.3) is 5.91 Å². The van der Waals surface area contributed by atoms with Crippen LogP contribution < -0.4 is 10.6 Å². The number of nitrogens with one attached hydrogen (secondary N) is 2. The Morgan fingerprint density at radius 3 is 2.38 bits per heavy atom. The van der Waals surface area contributed by atoms with Gasteiger partial charge in [0, 0.05) is 31.6 Å². The molecule has 1 aliphatic rings. The molecule has 0 radical (unpaired) electrons. The highest BCUT2D eigenvalue weighted by Crippen LogP contribution is 2.28. The van der Waals surface area contributed by atoms with Crippen molar-refractivity contribution in [2.45, 2.75) is 26.3 Å². The van der Waals surface area contributed by atoms with E-state index in [1.807, 2.05) is 56.3 Å². The number of hydrogen-bond donors (Lipinski definition) is 2. The monoisotopic (exact) mass is 393 g/mol. The minimum absolute atomic E-state index is 0.00539. The van der Waals surface area contributed by atoms with Gasteiger partial charge in [-0.15, -0.1) is 0 Å². The number of likely N-dealkylation sites (tertiary alicyclic amines) is 1. The van der Waals surface area contributed by atoms with Crippen LogP contribution in [0.2, 0.25) is 0 Å². The van der Waals surface area contributed by atoms with Crippen molar-refractivity contribution in [2.24, 2.45) is 5.92 Å². The van der Waals surface area contributed by atoms with Gasteiger partial charge in [-0.2, -0.15) is 0 Å². The predicted molar refractivity (Wildman–Crippen MR) is 111 cm³/mol. The standard InChI is InChI=1S/C23H27N3O3/c1-16-8-10-19(11-9-16)22(28)24-12-13-25-23(29)20-14-21(27)26(15-20)17(2)18-6-4-3-5-7-18/h3-11,17,20H,12-15H2,1-2H3,(H,24,28)(H,25,29). The normalized spacial score (nSPS) is 17.1. The molecule has 0 aromatic heterocycles. The predicted octanol–water partition coefficient (Wildman–Crippen LogP) is 2.45. The summed E-state index contributed by atoms with van der Waals surface area (Å²) in [6, 6.07) is 17.1. The summed E-state index contributed by atoms with van der Waals surface area (Å²) < 4.78 is 0. The van der Waals surface area contributed by atoms with Crippen LogP contribution in [0.4, 0.5) is 0 Å². The zero-order valence-electron chi connectivity index (χ0n) is 16.9. The molecule has 1 fully saturated rings. The molecule has 0 aliphatic carbocycles. The van der Waals surface area contributed by atoms with Gasteiger partial charge in [-0.3, -0.25) is 14.4 Å². The van der Waals surface area contributed by atoms with E-state index in [0.29, 0.717) is 25.2 Å². The lowest BCUT2D eigenvalue weighted by Crippen LogP contribution is -2.38. The Labute approximate surface area is 171 Å². The van der Waals surface area contributed by atoms with Crippen LogP contribution in [0.25, 0.3) is 0 Å². The number of aryl methyl sites for hydroxylation is 1. The number of carbonyl (C=O) groups excluding carboxylic acids is 3. The Kier molecular flexibility index (Phi) is 6.65. The maximum atomic E-state index is 12.4. The van der Waals surface area contributed by atoms with E-state index < -0.39 is 0 Å². The lowest BCUT2D eigenvalue weighted by atomic mass is 10.1. The van der Waals surface area contributed by atoms with Gasteiger partial charge in [-0.05, 0) is 31.5 Å². The molecule has 29 heavy (non-hydrogen) atoms. The minimum atomic E-state index is -0.360. The second-order valence-electron chi connectivity index (χ2n) is 7.45. The molecule has 6 heteroatoms. The fraction of sp³-hybridized carbons (Fsp3) is 0.348. The molecule has 1 saturated heterocycles. The number of nitrogens with zero attached hydrogens (tertiary/aromatic N) is 1. The molecule has 3 amide bonds. The van der Waals surface area contributed by atoms with Crippen LogP contribution in [0.5, 0.6) is 0 Å². The van der Waals surface area contributed by atoms with Gasteiger partial charge in [-0.25, -0.2) is 0 Å². The summed E-state index contributed by atoms with van der Waals surface area (Å²) in [7, 11) is 0. The van der Waals surface area contributed by atoms with Crippen LogP contribution in [0, 0.1) is 12.8 Å². The second kappa shape index (κ2) is 9.37. The Morgan fingerprint density at radius 1 is 1.03 bits per heavy atom. The molecule has 0 spiro atoms. The van der Waals surface area contributed by atoms with Crippen LogP contribution in [0.15, 0.2) is 54.6 Å². The first-order valence-electron chi connectivity index (χ1n) is 9.92. The van der Waals surface area contributed by atoms with Gasteiger partial charge in [0.1, 0.15) is 0 Å². The maximum absolute atomic E-state index is 12.4. The van der Waals surface area contributed by atoms with Crippen molar-refractivity contribution in [1.82, 2.24) is 15.5 Å². The molecule has 2 unspecified atom stereocenters. The molecule has 2 atom stereocenters. The Hall–Kier alpha value is -3.15. The van der Waals surface area contributed by atoms with Crippen molar-refractivity contribution >= 4 is 17.7 Å². The Balaban J connectivity index is 1.43. The fourth-order valence-corrected chi connectivity index (χ4v) is 3.51. The van der Waals surface area contributed by atoms with E-state index >= 15 is 0 Å². The van der Waals surface area contributed by atoms with E-state index in [1.165, 1.54) is 0 Å². The van der Waals surface area contributed by atoms with Gasteiger partial charge < -0.3 is 15.5 Å². The van der Waals surface area contributed by atoms with Crippen molar-refractivity contribution in [2.75, 3.05) is 19.6 Å². The number of hydrogen-bond acceptors (Lipinski definition) is 3.